The van der Waals surface area contributed by atoms with Crippen LogP contribution in [0.15, 0.2) is 30.3 Å². The second-order valence-corrected chi connectivity index (χ2v) is 3.29. The highest BCUT2D eigenvalue weighted by molar-refractivity contribution is 5.99. The summed E-state index contributed by atoms with van der Waals surface area (Å²) in [6, 6.07) is 9.08. The Kier molecular flexibility index (Phi) is 2.23. The summed E-state index contributed by atoms with van der Waals surface area (Å²) >= 11 is 0. The zero-order valence-corrected chi connectivity index (χ0v) is 8.41. The van der Waals surface area contributed by atoms with E-state index in [1.165, 1.54) is 0 Å². The Morgan fingerprint density at radius 3 is 2.80 bits per heavy atom. The number of fused-ring (bicyclic) bond motifs is 1. The highest BCUT2D eigenvalue weighted by Crippen LogP contribution is 2.30. The monoisotopic (exact) mass is 197 g/mol. The molecule has 2 aromatic carbocycles. The summed E-state index contributed by atoms with van der Waals surface area (Å²) in [5.41, 5.74) is 1.68. The molecule has 2 heteroatoms. The van der Waals surface area contributed by atoms with Crippen molar-refractivity contribution in [2.75, 3.05) is 12.4 Å². The summed E-state index contributed by atoms with van der Waals surface area (Å²) in [5.74, 6) is 2.88. The van der Waals surface area contributed by atoms with E-state index in [2.05, 4.69) is 11.2 Å². The Bertz CT molecular complexity index is 552. The average molecular weight is 197 g/mol. The van der Waals surface area contributed by atoms with E-state index in [1.807, 2.05) is 25.2 Å². The molecule has 0 heterocycles. The minimum absolute atomic E-state index is 0.237. The van der Waals surface area contributed by atoms with Crippen LogP contribution in [-0.2, 0) is 0 Å². The number of rotatable bonds is 1. The van der Waals surface area contributed by atoms with Gasteiger partial charge in [0.25, 0.3) is 0 Å². The van der Waals surface area contributed by atoms with Crippen molar-refractivity contribution in [2.24, 2.45) is 0 Å². The second kappa shape index (κ2) is 3.55. The second-order valence-electron chi connectivity index (χ2n) is 3.29. The minimum Gasteiger partial charge on any atom is -0.508 e. The zero-order valence-electron chi connectivity index (χ0n) is 8.41. The molecule has 15 heavy (non-hydrogen) atoms. The van der Waals surface area contributed by atoms with Crippen LogP contribution in [-0.4, -0.2) is 12.2 Å². The van der Waals surface area contributed by atoms with E-state index in [9.17, 15) is 5.11 Å². The van der Waals surface area contributed by atoms with E-state index in [-0.39, 0.29) is 5.75 Å². The molecule has 2 aromatic rings. The van der Waals surface area contributed by atoms with Gasteiger partial charge in [0.1, 0.15) is 5.75 Å². The fourth-order valence-corrected chi connectivity index (χ4v) is 1.73. The molecule has 0 aliphatic carbocycles. The number of hydrogen-bond acceptors (Lipinski definition) is 2. The predicted molar refractivity (Wildman–Crippen MR) is 63.1 cm³/mol. The van der Waals surface area contributed by atoms with Crippen molar-refractivity contribution in [1.82, 2.24) is 0 Å². The Morgan fingerprint density at radius 2 is 2.13 bits per heavy atom. The van der Waals surface area contributed by atoms with Gasteiger partial charge in [0.2, 0.25) is 0 Å². The minimum atomic E-state index is 0.237. The molecule has 0 aromatic heterocycles. The van der Waals surface area contributed by atoms with Gasteiger partial charge in [-0.15, -0.1) is 6.42 Å². The molecule has 0 saturated carbocycles. The summed E-state index contributed by atoms with van der Waals surface area (Å²) in [5, 5.41) is 14.5. The van der Waals surface area contributed by atoms with Crippen LogP contribution in [0.1, 0.15) is 5.56 Å². The summed E-state index contributed by atoms with van der Waals surface area (Å²) in [4.78, 5) is 0. The van der Waals surface area contributed by atoms with Gasteiger partial charge in [0.05, 0.1) is 0 Å². The third-order valence-electron chi connectivity index (χ3n) is 2.39. The summed E-state index contributed by atoms with van der Waals surface area (Å²) in [6.07, 6.45) is 5.44. The Hall–Kier alpha value is -2.14. The lowest BCUT2D eigenvalue weighted by molar-refractivity contribution is 0.476. The molecule has 0 aliphatic heterocycles. The third-order valence-corrected chi connectivity index (χ3v) is 2.39. The number of aromatic hydroxyl groups is 1. The van der Waals surface area contributed by atoms with E-state index in [1.54, 1.807) is 12.1 Å². The maximum absolute atomic E-state index is 9.51. The van der Waals surface area contributed by atoms with Gasteiger partial charge in [-0.25, -0.2) is 0 Å². The highest BCUT2D eigenvalue weighted by atomic mass is 16.3. The molecular weight excluding hydrogens is 186 g/mol. The standard InChI is InChI=1S/C13H11NO/c1-3-9-5-4-6-10-7-11(15)8-12(14-2)13(9)10/h1,4-8,14-15H,2H3. The first-order chi connectivity index (χ1) is 7.26. The molecule has 2 nitrogen and oxygen atoms in total. The van der Waals surface area contributed by atoms with E-state index in [0.29, 0.717) is 0 Å². The molecule has 2 rings (SSSR count). The van der Waals surface area contributed by atoms with Crippen molar-refractivity contribution in [3.05, 3.63) is 35.9 Å². The van der Waals surface area contributed by atoms with Gasteiger partial charge in [-0.2, -0.15) is 0 Å². The maximum atomic E-state index is 9.51. The molecule has 74 valence electrons. The van der Waals surface area contributed by atoms with E-state index < -0.39 is 0 Å². The van der Waals surface area contributed by atoms with Crippen LogP contribution in [0, 0.1) is 12.3 Å². The SMILES string of the molecule is C#Cc1cccc2cc(O)cc(NC)c12. The molecule has 0 radical (unpaired) electrons. The Labute approximate surface area is 88.6 Å². The fourth-order valence-electron chi connectivity index (χ4n) is 1.73. The van der Waals surface area contributed by atoms with Crippen LogP contribution in [0.4, 0.5) is 5.69 Å². The highest BCUT2D eigenvalue weighted by Gasteiger charge is 2.05. The first kappa shape index (κ1) is 9.42. The van der Waals surface area contributed by atoms with E-state index >= 15 is 0 Å². The third kappa shape index (κ3) is 1.49. The van der Waals surface area contributed by atoms with Crippen LogP contribution >= 0.6 is 0 Å². The maximum Gasteiger partial charge on any atom is 0.118 e. The molecule has 0 bridgehead atoms. The lowest BCUT2D eigenvalue weighted by Crippen LogP contribution is -1.91. The van der Waals surface area contributed by atoms with Crippen molar-refractivity contribution in [2.45, 2.75) is 0 Å². The summed E-state index contributed by atoms with van der Waals surface area (Å²) in [6.45, 7) is 0. The number of phenols is 1. The number of nitrogens with one attached hydrogen (secondary N) is 1. The Morgan fingerprint density at radius 1 is 1.33 bits per heavy atom. The van der Waals surface area contributed by atoms with Crippen LogP contribution < -0.4 is 5.32 Å². The van der Waals surface area contributed by atoms with Gasteiger partial charge in [0.15, 0.2) is 0 Å². The van der Waals surface area contributed by atoms with E-state index in [0.717, 1.165) is 22.0 Å². The molecule has 0 atom stereocenters. The van der Waals surface area contributed by atoms with Gasteiger partial charge in [-0.1, -0.05) is 18.1 Å². The molecule has 0 unspecified atom stereocenters. The smallest absolute Gasteiger partial charge is 0.118 e. The van der Waals surface area contributed by atoms with Gasteiger partial charge >= 0.3 is 0 Å². The van der Waals surface area contributed by atoms with Gasteiger partial charge in [0, 0.05) is 29.8 Å². The number of benzene rings is 2. The quantitative estimate of drug-likeness (QED) is 0.689. The van der Waals surface area contributed by atoms with E-state index in [4.69, 9.17) is 6.42 Å². The lowest BCUT2D eigenvalue weighted by Gasteiger charge is -2.08. The first-order valence-corrected chi connectivity index (χ1v) is 4.66. The summed E-state index contributed by atoms with van der Waals surface area (Å²) in [7, 11) is 1.81. The number of terminal acetylenes is 1. The van der Waals surface area contributed by atoms with Crippen molar-refractivity contribution < 1.29 is 5.11 Å². The zero-order chi connectivity index (χ0) is 10.8. The molecule has 0 fully saturated rings. The normalized spacial score (nSPS) is 9.87. The van der Waals surface area contributed by atoms with Crippen LogP contribution in [0.5, 0.6) is 5.75 Å². The fraction of sp³-hybridized carbons (Fsp3) is 0.0769. The van der Waals surface area contributed by atoms with Crippen molar-refractivity contribution in [3.8, 4) is 18.1 Å². The molecular formula is C13H11NO. The van der Waals surface area contributed by atoms with Gasteiger partial charge in [-0.05, 0) is 17.5 Å². The van der Waals surface area contributed by atoms with Gasteiger partial charge < -0.3 is 10.4 Å². The lowest BCUT2D eigenvalue weighted by atomic mass is 10.0. The van der Waals surface area contributed by atoms with Crippen LogP contribution in [0.25, 0.3) is 10.8 Å². The largest absolute Gasteiger partial charge is 0.508 e. The van der Waals surface area contributed by atoms with Crippen LogP contribution in [0.3, 0.4) is 0 Å². The molecule has 0 aliphatic rings. The number of hydrogen-bond donors (Lipinski definition) is 2. The topological polar surface area (TPSA) is 32.3 Å². The number of anilines is 1. The molecule has 0 amide bonds. The van der Waals surface area contributed by atoms with Gasteiger partial charge in [-0.3, -0.25) is 0 Å². The molecule has 2 N–H and O–H groups in total. The molecule has 0 saturated heterocycles. The van der Waals surface area contributed by atoms with Crippen molar-refractivity contribution in [1.29, 1.82) is 0 Å². The number of phenolic OH excluding ortho intramolecular Hbond substituents is 1. The predicted octanol–water partition coefficient (Wildman–Crippen LogP) is 2.57. The summed E-state index contributed by atoms with van der Waals surface area (Å²) < 4.78 is 0. The average Bonchev–Trinajstić information content (AvgIpc) is 2.26. The van der Waals surface area contributed by atoms with Crippen molar-refractivity contribution in [3.63, 3.8) is 0 Å². The Balaban J connectivity index is 2.92. The van der Waals surface area contributed by atoms with Crippen LogP contribution in [0.2, 0.25) is 0 Å². The first-order valence-electron chi connectivity index (χ1n) is 4.66. The molecule has 0 spiro atoms. The van der Waals surface area contributed by atoms with Crippen molar-refractivity contribution >= 4 is 16.5 Å².